The van der Waals surface area contributed by atoms with Crippen molar-refractivity contribution in [1.29, 1.82) is 0 Å². The van der Waals surface area contributed by atoms with Crippen LogP contribution < -0.4 is 0 Å². The van der Waals surface area contributed by atoms with E-state index < -0.39 is 0 Å². The molecule has 1 rings (SSSR count). The van der Waals surface area contributed by atoms with Gasteiger partial charge < -0.3 is 9.84 Å². The molecule has 0 unspecified atom stereocenters. The van der Waals surface area contributed by atoms with Gasteiger partial charge in [-0.05, 0) is 12.8 Å². The zero-order chi connectivity index (χ0) is 16.4. The van der Waals surface area contributed by atoms with Crippen LogP contribution >= 0.6 is 0 Å². The topological polar surface area (TPSA) is 76.0 Å². The number of aliphatic hydroxyl groups excluding tert-OH is 1. The average Bonchev–Trinajstić information content (AvgIpc) is 2.50. The van der Waals surface area contributed by atoms with Crippen molar-refractivity contribution in [2.24, 2.45) is 4.99 Å². The van der Waals surface area contributed by atoms with Gasteiger partial charge in [-0.3, -0.25) is 14.6 Å². The fraction of sp³-hybridized carbons (Fsp3) is 0.706. The molecule has 0 saturated heterocycles. The third-order valence-corrected chi connectivity index (χ3v) is 3.78. The number of carbonyl (C=O) groups is 2. The molecule has 0 atom stereocenters. The van der Waals surface area contributed by atoms with E-state index in [2.05, 4.69) is 16.7 Å². The number of hydrogen-bond donors (Lipinski definition) is 1. The fourth-order valence-corrected chi connectivity index (χ4v) is 2.51. The molecule has 5 heteroatoms. The van der Waals surface area contributed by atoms with E-state index in [0.29, 0.717) is 43.5 Å². The van der Waals surface area contributed by atoms with E-state index in [4.69, 9.17) is 0 Å². The maximum atomic E-state index is 12.1. The molecule has 0 bridgehead atoms. The van der Waals surface area contributed by atoms with Gasteiger partial charge in [0.2, 0.25) is 0 Å². The summed E-state index contributed by atoms with van der Waals surface area (Å²) in [6.07, 6.45) is 6.51. The Morgan fingerprint density at radius 2 is 2.00 bits per heavy atom. The van der Waals surface area contributed by atoms with E-state index in [-0.39, 0.29) is 23.9 Å². The number of unbranched alkanes of at least 4 members (excludes halogenated alkanes) is 3. The minimum Gasteiger partial charge on any atom is -0.511 e. The van der Waals surface area contributed by atoms with Crippen LogP contribution in [0.2, 0.25) is 0 Å². The first-order valence-corrected chi connectivity index (χ1v) is 8.16. The van der Waals surface area contributed by atoms with Crippen molar-refractivity contribution in [3.63, 3.8) is 0 Å². The first-order valence-electron chi connectivity index (χ1n) is 8.16. The normalized spacial score (nSPS) is 16.1. The second-order valence-electron chi connectivity index (χ2n) is 5.56. The van der Waals surface area contributed by atoms with E-state index in [0.717, 1.165) is 19.3 Å². The monoisotopic (exact) mass is 309 g/mol. The minimum atomic E-state index is -0.331. The van der Waals surface area contributed by atoms with Gasteiger partial charge in [0.25, 0.3) is 0 Å². The lowest BCUT2D eigenvalue weighted by molar-refractivity contribution is -0.140. The second kappa shape index (κ2) is 10.1. The maximum absolute atomic E-state index is 12.1. The largest absolute Gasteiger partial charge is 0.511 e. The number of aliphatic hydroxyl groups is 1. The summed E-state index contributed by atoms with van der Waals surface area (Å²) >= 11 is 0. The molecule has 0 aliphatic heterocycles. The Morgan fingerprint density at radius 1 is 1.23 bits per heavy atom. The number of rotatable bonds is 9. The number of ether oxygens (including phenoxy) is 1. The molecule has 0 saturated carbocycles. The zero-order valence-electron chi connectivity index (χ0n) is 13.7. The Labute approximate surface area is 132 Å². The van der Waals surface area contributed by atoms with Crippen LogP contribution in [0.5, 0.6) is 0 Å². The molecular weight excluding hydrogens is 282 g/mol. The number of aliphatic imine (C=N–C) groups is 1. The zero-order valence-corrected chi connectivity index (χ0v) is 13.7. The lowest BCUT2D eigenvalue weighted by atomic mass is 9.91. The Morgan fingerprint density at radius 3 is 2.64 bits per heavy atom. The van der Waals surface area contributed by atoms with Crippen LogP contribution in [0, 0.1) is 0 Å². The third kappa shape index (κ3) is 6.00. The average molecular weight is 309 g/mol. The predicted molar refractivity (Wildman–Crippen MR) is 86.2 cm³/mol. The van der Waals surface area contributed by atoms with Crippen LogP contribution in [0.4, 0.5) is 0 Å². The molecule has 0 spiro atoms. The van der Waals surface area contributed by atoms with Gasteiger partial charge in [-0.25, -0.2) is 0 Å². The number of nitrogens with zero attached hydrogens (tertiary/aromatic N) is 1. The summed E-state index contributed by atoms with van der Waals surface area (Å²) in [5.41, 5.74) is 0.898. The van der Waals surface area contributed by atoms with Gasteiger partial charge in [-0.2, -0.15) is 0 Å². The summed E-state index contributed by atoms with van der Waals surface area (Å²) in [5, 5.41) is 10.0. The van der Waals surface area contributed by atoms with Crippen molar-refractivity contribution in [3.05, 3.63) is 11.3 Å². The summed E-state index contributed by atoms with van der Waals surface area (Å²) in [6.45, 7) is 2.77. The van der Waals surface area contributed by atoms with Crippen molar-refractivity contribution < 1.29 is 19.4 Å². The molecule has 124 valence electrons. The molecule has 1 N–H and O–H groups in total. The summed E-state index contributed by atoms with van der Waals surface area (Å²) < 4.78 is 4.64. The van der Waals surface area contributed by atoms with Crippen molar-refractivity contribution >= 4 is 17.5 Å². The summed E-state index contributed by atoms with van der Waals surface area (Å²) in [4.78, 5) is 27.9. The Bertz CT molecular complexity index is 452. The van der Waals surface area contributed by atoms with Crippen LogP contribution in [0.3, 0.4) is 0 Å². The van der Waals surface area contributed by atoms with Crippen LogP contribution in [-0.2, 0) is 14.3 Å². The molecule has 1 aliphatic carbocycles. The molecule has 22 heavy (non-hydrogen) atoms. The van der Waals surface area contributed by atoms with Gasteiger partial charge >= 0.3 is 5.97 Å². The van der Waals surface area contributed by atoms with Gasteiger partial charge in [-0.1, -0.05) is 26.2 Å². The van der Waals surface area contributed by atoms with Gasteiger partial charge in [0.05, 0.1) is 19.1 Å². The molecule has 0 aromatic carbocycles. The molecule has 0 heterocycles. The summed E-state index contributed by atoms with van der Waals surface area (Å²) in [5.74, 6) is -0.281. The maximum Gasteiger partial charge on any atom is 0.305 e. The molecular formula is C17H27NO4. The highest BCUT2D eigenvalue weighted by molar-refractivity contribution is 6.23. The van der Waals surface area contributed by atoms with Crippen LogP contribution in [-0.4, -0.2) is 36.2 Å². The van der Waals surface area contributed by atoms with E-state index in [9.17, 15) is 14.7 Å². The van der Waals surface area contributed by atoms with Gasteiger partial charge in [0.1, 0.15) is 5.76 Å². The van der Waals surface area contributed by atoms with E-state index in [1.54, 1.807) is 0 Å². The number of Topliss-reactive ketones (excluding diaryl/α,β-unsaturated/α-hetero) is 1. The lowest BCUT2D eigenvalue weighted by Gasteiger charge is -2.17. The Balaban J connectivity index is 2.78. The number of ketones is 1. The molecule has 0 aromatic rings. The molecule has 0 amide bonds. The van der Waals surface area contributed by atoms with Crippen molar-refractivity contribution in [3.8, 4) is 0 Å². The molecule has 1 aliphatic rings. The predicted octanol–water partition coefficient (Wildman–Crippen LogP) is 3.53. The number of methoxy groups -OCH3 is 1. The fourth-order valence-electron chi connectivity index (χ4n) is 2.51. The number of carbonyl (C=O) groups excluding carboxylic acids is 2. The van der Waals surface area contributed by atoms with Gasteiger partial charge in [0, 0.05) is 31.5 Å². The number of allylic oxidation sites excluding steroid dienone is 2. The highest BCUT2D eigenvalue weighted by Crippen LogP contribution is 2.23. The molecule has 0 fully saturated rings. The van der Waals surface area contributed by atoms with E-state index in [1.165, 1.54) is 13.5 Å². The highest BCUT2D eigenvalue weighted by atomic mass is 16.5. The van der Waals surface area contributed by atoms with Gasteiger partial charge in [0.15, 0.2) is 5.78 Å². The number of hydrogen-bond acceptors (Lipinski definition) is 5. The van der Waals surface area contributed by atoms with Crippen LogP contribution in [0.15, 0.2) is 16.3 Å². The van der Waals surface area contributed by atoms with Crippen LogP contribution in [0.1, 0.15) is 64.7 Å². The lowest BCUT2D eigenvalue weighted by Crippen LogP contribution is -2.21. The summed E-state index contributed by atoms with van der Waals surface area (Å²) in [7, 11) is 1.34. The minimum absolute atomic E-state index is 0.0686. The second-order valence-corrected chi connectivity index (χ2v) is 5.56. The molecule has 0 radical (unpaired) electrons. The van der Waals surface area contributed by atoms with Crippen molar-refractivity contribution in [1.82, 2.24) is 0 Å². The first-order chi connectivity index (χ1) is 10.6. The van der Waals surface area contributed by atoms with E-state index in [1.807, 2.05) is 0 Å². The first kappa shape index (κ1) is 18.4. The third-order valence-electron chi connectivity index (χ3n) is 3.78. The van der Waals surface area contributed by atoms with Crippen molar-refractivity contribution in [2.45, 2.75) is 64.7 Å². The summed E-state index contributed by atoms with van der Waals surface area (Å²) in [6, 6.07) is 0. The van der Waals surface area contributed by atoms with E-state index >= 15 is 0 Å². The molecule has 5 nitrogen and oxygen atoms in total. The standard InChI is InChI=1S/C17H27NO4/c1-3-4-5-6-12-18-13(10-11-16(21)22-2)17-14(19)8-7-9-15(17)20/h19H,3-12H2,1-2H3. The SMILES string of the molecule is CCCCCCN=C(CCC(=O)OC)C1=C(O)CCCC1=O. The highest BCUT2D eigenvalue weighted by Gasteiger charge is 2.25. The Kier molecular flexibility index (Phi) is 8.48. The van der Waals surface area contributed by atoms with Crippen molar-refractivity contribution in [2.75, 3.05) is 13.7 Å². The number of esters is 1. The molecule has 0 aromatic heterocycles. The Hall–Kier alpha value is -1.65. The van der Waals surface area contributed by atoms with Gasteiger partial charge in [-0.15, -0.1) is 0 Å². The van der Waals surface area contributed by atoms with Crippen LogP contribution in [0.25, 0.3) is 0 Å². The quantitative estimate of drug-likeness (QED) is 0.401. The smallest absolute Gasteiger partial charge is 0.305 e.